The maximum atomic E-state index is 13.5. The number of ether oxygens (including phenoxy) is 1. The predicted octanol–water partition coefficient (Wildman–Crippen LogP) is 2.76. The van der Waals surface area contributed by atoms with Gasteiger partial charge in [0.25, 0.3) is 0 Å². The van der Waals surface area contributed by atoms with Gasteiger partial charge >= 0.3 is 0 Å². The highest BCUT2D eigenvalue weighted by Gasteiger charge is 2.05. The SMILES string of the molecule is CC(C)NCc1cn(CCOc2cc(Br)ccc2F)nn1. The van der Waals surface area contributed by atoms with Crippen LogP contribution in [-0.4, -0.2) is 27.6 Å². The molecule has 114 valence electrons. The zero-order valence-corrected chi connectivity index (χ0v) is 13.6. The Morgan fingerprint density at radius 2 is 2.24 bits per heavy atom. The van der Waals surface area contributed by atoms with Crippen LogP contribution in [-0.2, 0) is 13.1 Å². The highest BCUT2D eigenvalue weighted by atomic mass is 79.9. The van der Waals surface area contributed by atoms with E-state index in [1.54, 1.807) is 16.8 Å². The Kier molecular flexibility index (Phi) is 5.69. The Labute approximate surface area is 131 Å². The van der Waals surface area contributed by atoms with Crippen molar-refractivity contribution in [2.24, 2.45) is 0 Å². The molecule has 1 aromatic heterocycles. The number of nitrogens with zero attached hydrogens (tertiary/aromatic N) is 3. The smallest absolute Gasteiger partial charge is 0.165 e. The van der Waals surface area contributed by atoms with Crippen molar-refractivity contribution in [3.63, 3.8) is 0 Å². The number of aromatic nitrogens is 3. The second kappa shape index (κ2) is 7.51. The van der Waals surface area contributed by atoms with Crippen molar-refractivity contribution in [1.29, 1.82) is 0 Å². The lowest BCUT2D eigenvalue weighted by Crippen LogP contribution is -2.21. The Balaban J connectivity index is 1.82. The second-order valence-corrected chi connectivity index (χ2v) is 5.85. The first-order valence-corrected chi connectivity index (χ1v) is 7.54. The number of halogens is 2. The third-order valence-corrected chi connectivity index (χ3v) is 3.24. The van der Waals surface area contributed by atoms with Crippen molar-refractivity contribution in [2.75, 3.05) is 6.61 Å². The van der Waals surface area contributed by atoms with Gasteiger partial charge in [-0.3, -0.25) is 0 Å². The highest BCUT2D eigenvalue weighted by molar-refractivity contribution is 9.10. The lowest BCUT2D eigenvalue weighted by molar-refractivity contribution is 0.276. The molecule has 0 saturated carbocycles. The van der Waals surface area contributed by atoms with Crippen LogP contribution in [0.15, 0.2) is 28.9 Å². The maximum Gasteiger partial charge on any atom is 0.165 e. The Morgan fingerprint density at radius 1 is 1.43 bits per heavy atom. The summed E-state index contributed by atoms with van der Waals surface area (Å²) < 4.78 is 21.4. The minimum absolute atomic E-state index is 0.228. The zero-order valence-electron chi connectivity index (χ0n) is 12.0. The standard InChI is InChI=1S/C14H18BrFN4O/c1-10(2)17-8-12-9-20(19-18-12)5-6-21-14-7-11(15)3-4-13(14)16/h3-4,7,9-10,17H,5-6,8H2,1-2H3. The van der Waals surface area contributed by atoms with Gasteiger partial charge in [0.15, 0.2) is 11.6 Å². The van der Waals surface area contributed by atoms with Crippen LogP contribution in [0.4, 0.5) is 4.39 Å². The first-order chi connectivity index (χ1) is 10.0. The summed E-state index contributed by atoms with van der Waals surface area (Å²) in [5.41, 5.74) is 0.873. The molecule has 0 aliphatic rings. The molecule has 5 nitrogen and oxygen atoms in total. The molecule has 0 saturated heterocycles. The Bertz CT molecular complexity index is 588. The van der Waals surface area contributed by atoms with Crippen molar-refractivity contribution in [2.45, 2.75) is 33.0 Å². The molecule has 0 bridgehead atoms. The van der Waals surface area contributed by atoms with Gasteiger partial charge in [-0.2, -0.15) is 0 Å². The summed E-state index contributed by atoms with van der Waals surface area (Å²) in [4.78, 5) is 0. The van der Waals surface area contributed by atoms with Crippen LogP contribution in [0.2, 0.25) is 0 Å². The van der Waals surface area contributed by atoms with Gasteiger partial charge in [-0.15, -0.1) is 5.10 Å². The van der Waals surface area contributed by atoms with Crippen molar-refractivity contribution in [3.8, 4) is 5.75 Å². The molecule has 21 heavy (non-hydrogen) atoms. The van der Waals surface area contributed by atoms with Gasteiger partial charge in [0.05, 0.1) is 12.2 Å². The van der Waals surface area contributed by atoms with Gasteiger partial charge in [0.2, 0.25) is 0 Å². The number of hydrogen-bond donors (Lipinski definition) is 1. The predicted molar refractivity (Wildman–Crippen MR) is 81.6 cm³/mol. The molecular formula is C14H18BrFN4O. The number of hydrogen-bond acceptors (Lipinski definition) is 4. The fourth-order valence-electron chi connectivity index (χ4n) is 1.67. The van der Waals surface area contributed by atoms with Crippen molar-refractivity contribution < 1.29 is 9.13 Å². The van der Waals surface area contributed by atoms with Crippen LogP contribution < -0.4 is 10.1 Å². The van der Waals surface area contributed by atoms with E-state index in [0.717, 1.165) is 10.2 Å². The van der Waals surface area contributed by atoms with Crippen LogP contribution in [0.25, 0.3) is 0 Å². The van der Waals surface area contributed by atoms with Crippen molar-refractivity contribution >= 4 is 15.9 Å². The molecule has 2 rings (SSSR count). The summed E-state index contributed by atoms with van der Waals surface area (Å²) in [5, 5.41) is 11.3. The van der Waals surface area contributed by atoms with Crippen LogP contribution in [0.1, 0.15) is 19.5 Å². The van der Waals surface area contributed by atoms with E-state index < -0.39 is 0 Å². The summed E-state index contributed by atoms with van der Waals surface area (Å²) in [6, 6.07) is 5.00. The number of nitrogens with one attached hydrogen (secondary N) is 1. The van der Waals surface area contributed by atoms with Gasteiger partial charge in [-0.1, -0.05) is 35.0 Å². The van der Waals surface area contributed by atoms with E-state index in [-0.39, 0.29) is 11.6 Å². The fourth-order valence-corrected chi connectivity index (χ4v) is 2.01. The summed E-state index contributed by atoms with van der Waals surface area (Å²) in [6.45, 7) is 5.67. The molecule has 2 aromatic rings. The molecule has 0 spiro atoms. The molecule has 7 heteroatoms. The fraction of sp³-hybridized carbons (Fsp3) is 0.429. The average Bonchev–Trinajstić information content (AvgIpc) is 2.88. The quantitative estimate of drug-likeness (QED) is 0.828. The molecule has 0 fully saturated rings. The Hall–Kier alpha value is -1.47. The molecule has 0 amide bonds. The molecule has 0 atom stereocenters. The van der Waals surface area contributed by atoms with Gasteiger partial charge in [0, 0.05) is 23.3 Å². The van der Waals surface area contributed by atoms with Crippen LogP contribution >= 0.6 is 15.9 Å². The van der Waals surface area contributed by atoms with Crippen LogP contribution in [0, 0.1) is 5.82 Å². The number of rotatable bonds is 7. The number of benzene rings is 1. The van der Waals surface area contributed by atoms with E-state index in [2.05, 4.69) is 45.4 Å². The Morgan fingerprint density at radius 3 is 3.00 bits per heavy atom. The van der Waals surface area contributed by atoms with Crippen LogP contribution in [0.3, 0.4) is 0 Å². The molecule has 0 aliphatic heterocycles. The lowest BCUT2D eigenvalue weighted by atomic mass is 10.3. The molecule has 1 heterocycles. The third-order valence-electron chi connectivity index (χ3n) is 2.75. The van der Waals surface area contributed by atoms with E-state index in [9.17, 15) is 4.39 Å². The first kappa shape index (κ1) is 15.9. The van der Waals surface area contributed by atoms with E-state index >= 15 is 0 Å². The van der Waals surface area contributed by atoms with E-state index in [4.69, 9.17) is 4.74 Å². The average molecular weight is 357 g/mol. The van der Waals surface area contributed by atoms with E-state index in [0.29, 0.717) is 25.7 Å². The van der Waals surface area contributed by atoms with Gasteiger partial charge in [-0.05, 0) is 18.2 Å². The third kappa shape index (κ3) is 5.09. The van der Waals surface area contributed by atoms with Crippen molar-refractivity contribution in [3.05, 3.63) is 40.4 Å². The normalized spacial score (nSPS) is 11.1. The topological polar surface area (TPSA) is 52.0 Å². The van der Waals surface area contributed by atoms with Gasteiger partial charge in [0.1, 0.15) is 6.61 Å². The summed E-state index contributed by atoms with van der Waals surface area (Å²) >= 11 is 3.28. The molecule has 0 radical (unpaired) electrons. The minimum atomic E-state index is -0.376. The molecule has 0 unspecified atom stereocenters. The van der Waals surface area contributed by atoms with Gasteiger partial charge < -0.3 is 10.1 Å². The molecule has 0 aliphatic carbocycles. The molecule has 1 N–H and O–H groups in total. The monoisotopic (exact) mass is 356 g/mol. The molecule has 1 aromatic carbocycles. The largest absolute Gasteiger partial charge is 0.489 e. The minimum Gasteiger partial charge on any atom is -0.489 e. The second-order valence-electron chi connectivity index (χ2n) is 4.93. The first-order valence-electron chi connectivity index (χ1n) is 6.75. The summed E-state index contributed by atoms with van der Waals surface area (Å²) in [7, 11) is 0. The lowest BCUT2D eigenvalue weighted by Gasteiger charge is -2.07. The van der Waals surface area contributed by atoms with E-state index in [1.165, 1.54) is 6.07 Å². The zero-order chi connectivity index (χ0) is 15.2. The molecular weight excluding hydrogens is 339 g/mol. The maximum absolute atomic E-state index is 13.5. The summed E-state index contributed by atoms with van der Waals surface area (Å²) in [6.07, 6.45) is 1.86. The highest BCUT2D eigenvalue weighted by Crippen LogP contribution is 2.22. The van der Waals surface area contributed by atoms with E-state index in [1.807, 2.05) is 6.20 Å². The van der Waals surface area contributed by atoms with Crippen LogP contribution in [0.5, 0.6) is 5.75 Å². The van der Waals surface area contributed by atoms with Gasteiger partial charge in [-0.25, -0.2) is 9.07 Å². The summed E-state index contributed by atoms with van der Waals surface area (Å²) in [5.74, 6) is -0.148. The van der Waals surface area contributed by atoms with Crippen molar-refractivity contribution in [1.82, 2.24) is 20.3 Å².